The smallest absolute Gasteiger partial charge is 0.331 e. The lowest BCUT2D eigenvalue weighted by Crippen LogP contribution is -2.54. The number of carbonyl (C=O) groups is 1. The summed E-state index contributed by atoms with van der Waals surface area (Å²) in [6, 6.07) is 2.00. The molecule has 2 aliphatic carbocycles. The van der Waals surface area contributed by atoms with Crippen molar-refractivity contribution in [3.63, 3.8) is 0 Å². The summed E-state index contributed by atoms with van der Waals surface area (Å²) in [5.74, 6) is -0.135. The molecule has 1 saturated carbocycles. The van der Waals surface area contributed by atoms with E-state index in [2.05, 4.69) is 13.8 Å². The average Bonchev–Trinajstić information content (AvgIpc) is 3.09. The van der Waals surface area contributed by atoms with Crippen LogP contribution in [0.4, 0.5) is 0 Å². The zero-order chi connectivity index (χ0) is 17.4. The van der Waals surface area contributed by atoms with E-state index in [1.54, 1.807) is 12.5 Å². The van der Waals surface area contributed by atoms with Gasteiger partial charge in [0, 0.05) is 11.0 Å². The van der Waals surface area contributed by atoms with E-state index in [0.29, 0.717) is 11.5 Å². The zero-order valence-corrected chi connectivity index (χ0v) is 14.6. The second kappa shape index (κ2) is 6.40. The Hall–Kier alpha value is -1.55. The second-order valence-electron chi connectivity index (χ2n) is 7.94. The van der Waals surface area contributed by atoms with Gasteiger partial charge in [-0.15, -0.1) is 0 Å². The summed E-state index contributed by atoms with van der Waals surface area (Å²) in [4.78, 5) is 11.8. The first-order valence-electron chi connectivity index (χ1n) is 9.00. The van der Waals surface area contributed by atoms with Crippen LogP contribution < -0.4 is 0 Å². The molecular weight excluding hydrogens is 304 g/mol. The number of aliphatic hydroxyl groups excluding tert-OH is 1. The van der Waals surface area contributed by atoms with Gasteiger partial charge in [-0.25, -0.2) is 4.79 Å². The molecule has 4 heteroatoms. The third-order valence-corrected chi connectivity index (χ3v) is 7.00. The van der Waals surface area contributed by atoms with E-state index in [1.165, 1.54) is 5.56 Å². The largest absolute Gasteiger partial charge is 0.478 e. The molecule has 4 atom stereocenters. The SMILES string of the molecule is C[C@@H]1CCC2(CO)C(C(=O)O)=CCCC2[C@@]1(C)CCc1ccoc1. The summed E-state index contributed by atoms with van der Waals surface area (Å²) in [7, 11) is 0. The van der Waals surface area contributed by atoms with Crippen molar-refractivity contribution < 1.29 is 19.4 Å². The third-order valence-electron chi connectivity index (χ3n) is 7.00. The van der Waals surface area contributed by atoms with E-state index >= 15 is 0 Å². The maximum Gasteiger partial charge on any atom is 0.331 e. The standard InChI is InChI=1S/C20H28O4/c1-14-6-10-20(13-21)16(18(22)23)4-3-5-17(20)19(14,2)9-7-15-8-11-24-12-15/h4,8,11-12,14,17,21H,3,5-7,9-10,13H2,1-2H3,(H,22,23)/t14-,17?,19+,20?/m1/s1. The summed E-state index contributed by atoms with van der Waals surface area (Å²) in [6.07, 6.45) is 10.8. The van der Waals surface area contributed by atoms with E-state index < -0.39 is 11.4 Å². The first-order chi connectivity index (χ1) is 11.4. The molecule has 0 saturated heterocycles. The summed E-state index contributed by atoms with van der Waals surface area (Å²) < 4.78 is 5.18. The van der Waals surface area contributed by atoms with Crippen molar-refractivity contribution in [1.82, 2.24) is 0 Å². The van der Waals surface area contributed by atoms with Gasteiger partial charge in [0.1, 0.15) is 0 Å². The Morgan fingerprint density at radius 2 is 2.21 bits per heavy atom. The predicted octanol–water partition coefficient (Wildman–Crippen LogP) is 4.05. The van der Waals surface area contributed by atoms with Crippen molar-refractivity contribution in [2.45, 2.75) is 52.4 Å². The van der Waals surface area contributed by atoms with E-state index in [0.717, 1.165) is 38.5 Å². The first kappa shape index (κ1) is 17.3. The summed E-state index contributed by atoms with van der Waals surface area (Å²) in [5.41, 5.74) is 1.07. The Balaban J connectivity index is 1.93. The van der Waals surface area contributed by atoms with Crippen LogP contribution in [0.1, 0.15) is 51.5 Å². The average molecular weight is 332 g/mol. The Morgan fingerprint density at radius 1 is 1.42 bits per heavy atom. The lowest BCUT2D eigenvalue weighted by Gasteiger charge is -2.58. The molecule has 0 radical (unpaired) electrons. The Bertz CT molecular complexity index is 618. The minimum absolute atomic E-state index is 0.0210. The van der Waals surface area contributed by atoms with Gasteiger partial charge < -0.3 is 14.6 Å². The number of rotatable bonds is 5. The molecule has 24 heavy (non-hydrogen) atoms. The minimum atomic E-state index is -0.861. The van der Waals surface area contributed by atoms with Crippen LogP contribution in [0.25, 0.3) is 0 Å². The van der Waals surface area contributed by atoms with Gasteiger partial charge in [0.05, 0.1) is 19.1 Å². The number of carboxylic acids is 1. The molecular formula is C20H28O4. The van der Waals surface area contributed by atoms with E-state index in [1.807, 2.05) is 12.1 Å². The van der Waals surface area contributed by atoms with E-state index in [4.69, 9.17) is 4.42 Å². The predicted molar refractivity (Wildman–Crippen MR) is 91.5 cm³/mol. The lowest BCUT2D eigenvalue weighted by molar-refractivity contribution is -0.139. The highest BCUT2D eigenvalue weighted by Crippen LogP contribution is 2.61. The zero-order valence-electron chi connectivity index (χ0n) is 14.6. The first-order valence-corrected chi connectivity index (χ1v) is 9.00. The van der Waals surface area contributed by atoms with Crippen LogP contribution in [0.5, 0.6) is 0 Å². The fourth-order valence-electron chi connectivity index (χ4n) is 5.32. The number of aryl methyl sites for hydroxylation is 1. The summed E-state index contributed by atoms with van der Waals surface area (Å²) in [6.45, 7) is 4.52. The normalized spacial score (nSPS) is 36.0. The molecule has 3 rings (SSSR count). The van der Waals surface area contributed by atoms with Crippen LogP contribution in [0.2, 0.25) is 0 Å². The van der Waals surface area contributed by atoms with Gasteiger partial charge in [-0.1, -0.05) is 19.9 Å². The van der Waals surface area contributed by atoms with Crippen molar-refractivity contribution in [3.8, 4) is 0 Å². The topological polar surface area (TPSA) is 70.7 Å². The number of allylic oxidation sites excluding steroid dienone is 1. The number of aliphatic carboxylic acids is 1. The van der Waals surface area contributed by atoms with Crippen molar-refractivity contribution in [2.75, 3.05) is 6.61 Å². The molecule has 1 aromatic heterocycles. The van der Waals surface area contributed by atoms with Crippen LogP contribution in [0.15, 0.2) is 34.7 Å². The minimum Gasteiger partial charge on any atom is -0.478 e. The maximum absolute atomic E-state index is 11.8. The molecule has 0 bridgehead atoms. The van der Waals surface area contributed by atoms with Gasteiger partial charge in [-0.05, 0) is 67.4 Å². The molecule has 0 aliphatic heterocycles. The molecule has 0 amide bonds. The van der Waals surface area contributed by atoms with Crippen molar-refractivity contribution in [1.29, 1.82) is 0 Å². The summed E-state index contributed by atoms with van der Waals surface area (Å²) in [5, 5.41) is 19.9. The molecule has 2 unspecified atom stereocenters. The molecule has 132 valence electrons. The van der Waals surface area contributed by atoms with Gasteiger partial charge in [-0.3, -0.25) is 0 Å². The number of hydrogen-bond donors (Lipinski definition) is 2. The maximum atomic E-state index is 11.8. The van der Waals surface area contributed by atoms with Crippen molar-refractivity contribution >= 4 is 5.97 Å². The summed E-state index contributed by atoms with van der Waals surface area (Å²) >= 11 is 0. The molecule has 2 N–H and O–H groups in total. The number of fused-ring (bicyclic) bond motifs is 1. The molecule has 2 aliphatic rings. The fraction of sp³-hybridized carbons (Fsp3) is 0.650. The lowest BCUT2D eigenvalue weighted by atomic mass is 9.46. The van der Waals surface area contributed by atoms with Gasteiger partial charge in [0.2, 0.25) is 0 Å². The number of hydrogen-bond acceptors (Lipinski definition) is 3. The van der Waals surface area contributed by atoms with Crippen molar-refractivity contribution in [3.05, 3.63) is 35.8 Å². The monoisotopic (exact) mass is 332 g/mol. The van der Waals surface area contributed by atoms with Crippen LogP contribution in [0.3, 0.4) is 0 Å². The van der Waals surface area contributed by atoms with Crippen LogP contribution in [-0.4, -0.2) is 22.8 Å². The molecule has 0 aromatic carbocycles. The molecule has 1 aromatic rings. The fourth-order valence-corrected chi connectivity index (χ4v) is 5.32. The number of aliphatic hydroxyl groups is 1. The third kappa shape index (κ3) is 2.61. The molecule has 1 fully saturated rings. The molecule has 1 heterocycles. The Labute approximate surface area is 143 Å². The van der Waals surface area contributed by atoms with Crippen LogP contribution in [-0.2, 0) is 11.2 Å². The van der Waals surface area contributed by atoms with Gasteiger partial charge in [0.15, 0.2) is 0 Å². The van der Waals surface area contributed by atoms with Gasteiger partial charge in [-0.2, -0.15) is 0 Å². The quantitative estimate of drug-likeness (QED) is 0.853. The molecule has 0 spiro atoms. The highest BCUT2D eigenvalue weighted by Gasteiger charge is 2.57. The Morgan fingerprint density at radius 3 is 2.83 bits per heavy atom. The number of carboxylic acid groups (broad SMARTS) is 1. The van der Waals surface area contributed by atoms with Crippen LogP contribution in [0, 0.1) is 22.7 Å². The van der Waals surface area contributed by atoms with Gasteiger partial charge in [0.25, 0.3) is 0 Å². The number of furan rings is 1. The highest BCUT2D eigenvalue weighted by atomic mass is 16.4. The van der Waals surface area contributed by atoms with Crippen molar-refractivity contribution in [2.24, 2.45) is 22.7 Å². The Kier molecular flexibility index (Phi) is 4.60. The van der Waals surface area contributed by atoms with E-state index in [9.17, 15) is 15.0 Å². The second-order valence-corrected chi connectivity index (χ2v) is 7.94. The molecule has 4 nitrogen and oxygen atoms in total. The highest BCUT2D eigenvalue weighted by molar-refractivity contribution is 5.88. The van der Waals surface area contributed by atoms with E-state index in [-0.39, 0.29) is 17.9 Å². The van der Waals surface area contributed by atoms with Crippen LogP contribution >= 0.6 is 0 Å². The van der Waals surface area contributed by atoms with Gasteiger partial charge >= 0.3 is 5.97 Å².